The Hall–Kier alpha value is -3.86. The molecule has 0 saturated heterocycles. The van der Waals surface area contributed by atoms with Crippen molar-refractivity contribution in [2.24, 2.45) is 7.05 Å². The van der Waals surface area contributed by atoms with Crippen LogP contribution in [0, 0.1) is 0 Å². The first-order valence-electron chi connectivity index (χ1n) is 10.9. The Kier molecular flexibility index (Phi) is 5.81. The molecule has 0 unspecified atom stereocenters. The first kappa shape index (κ1) is 22.3. The fourth-order valence-electron chi connectivity index (χ4n) is 3.98. The van der Waals surface area contributed by atoms with Crippen molar-refractivity contribution in [3.63, 3.8) is 0 Å². The minimum absolute atomic E-state index is 0.00319. The molecule has 1 amide bonds. The molecule has 0 aliphatic rings. The van der Waals surface area contributed by atoms with Gasteiger partial charge in [-0.3, -0.25) is 9.59 Å². The summed E-state index contributed by atoms with van der Waals surface area (Å²) < 4.78 is 7.22. The van der Waals surface area contributed by atoms with E-state index in [2.05, 4.69) is 26.1 Å². The number of nitrogens with one attached hydrogen (secondary N) is 1. The SMILES string of the molecule is COc1cccc(-c2c(NC(=O)c3ccc(C(C)(C)C)cc3)n(C)c3ccccc3c2=O)c1. The predicted molar refractivity (Wildman–Crippen MR) is 134 cm³/mol. The fraction of sp³-hybridized carbons (Fsp3) is 0.214. The summed E-state index contributed by atoms with van der Waals surface area (Å²) in [5.41, 5.74) is 3.38. The number of ether oxygens (including phenoxy) is 1. The highest BCUT2D eigenvalue weighted by molar-refractivity contribution is 6.07. The lowest BCUT2D eigenvalue weighted by atomic mass is 9.87. The third-order valence-corrected chi connectivity index (χ3v) is 5.91. The highest BCUT2D eigenvalue weighted by Gasteiger charge is 2.20. The zero-order chi connectivity index (χ0) is 23.8. The largest absolute Gasteiger partial charge is 0.497 e. The molecule has 1 heterocycles. The van der Waals surface area contributed by atoms with Crippen LogP contribution in [-0.2, 0) is 12.5 Å². The molecule has 5 heteroatoms. The van der Waals surface area contributed by atoms with E-state index in [1.165, 1.54) is 0 Å². The van der Waals surface area contributed by atoms with Gasteiger partial charge in [-0.15, -0.1) is 0 Å². The van der Waals surface area contributed by atoms with Gasteiger partial charge >= 0.3 is 0 Å². The number of aromatic nitrogens is 1. The van der Waals surface area contributed by atoms with Crippen molar-refractivity contribution in [2.45, 2.75) is 26.2 Å². The molecule has 0 spiro atoms. The average Bonchev–Trinajstić information content (AvgIpc) is 2.82. The number of amides is 1. The molecule has 0 saturated carbocycles. The summed E-state index contributed by atoms with van der Waals surface area (Å²) in [7, 11) is 3.44. The van der Waals surface area contributed by atoms with E-state index in [0.717, 1.165) is 11.1 Å². The van der Waals surface area contributed by atoms with Crippen LogP contribution >= 0.6 is 0 Å². The summed E-state index contributed by atoms with van der Waals surface area (Å²) in [6, 6.07) is 22.3. The molecule has 0 aliphatic carbocycles. The van der Waals surface area contributed by atoms with E-state index in [1.807, 2.05) is 72.3 Å². The summed E-state index contributed by atoms with van der Waals surface area (Å²) in [4.78, 5) is 26.8. The number of carbonyl (C=O) groups is 1. The van der Waals surface area contributed by atoms with Gasteiger partial charge in [0.1, 0.15) is 11.6 Å². The van der Waals surface area contributed by atoms with Crippen LogP contribution in [0.4, 0.5) is 5.82 Å². The topological polar surface area (TPSA) is 60.3 Å². The van der Waals surface area contributed by atoms with Crippen molar-refractivity contribution in [1.29, 1.82) is 0 Å². The summed E-state index contributed by atoms with van der Waals surface area (Å²) in [6.45, 7) is 6.40. The summed E-state index contributed by atoms with van der Waals surface area (Å²) in [6.07, 6.45) is 0. The van der Waals surface area contributed by atoms with Crippen molar-refractivity contribution >= 4 is 22.6 Å². The van der Waals surface area contributed by atoms with Crippen LogP contribution in [0.5, 0.6) is 5.75 Å². The van der Waals surface area contributed by atoms with Gasteiger partial charge in [-0.1, -0.05) is 57.2 Å². The lowest BCUT2D eigenvalue weighted by Crippen LogP contribution is -2.21. The molecular weight excluding hydrogens is 412 g/mol. The highest BCUT2D eigenvalue weighted by atomic mass is 16.5. The molecule has 4 rings (SSSR count). The van der Waals surface area contributed by atoms with Crippen LogP contribution in [0.3, 0.4) is 0 Å². The number of benzene rings is 3. The molecule has 33 heavy (non-hydrogen) atoms. The van der Waals surface area contributed by atoms with Crippen molar-refractivity contribution in [3.8, 4) is 16.9 Å². The zero-order valence-electron chi connectivity index (χ0n) is 19.6. The molecule has 168 valence electrons. The lowest BCUT2D eigenvalue weighted by Gasteiger charge is -2.20. The number of nitrogens with zero attached hydrogens (tertiary/aromatic N) is 1. The van der Waals surface area contributed by atoms with Crippen LogP contribution in [0.15, 0.2) is 77.6 Å². The second-order valence-corrected chi connectivity index (χ2v) is 9.14. The number of hydrogen-bond acceptors (Lipinski definition) is 3. The Morgan fingerprint density at radius 1 is 0.939 bits per heavy atom. The smallest absolute Gasteiger partial charge is 0.256 e. The Morgan fingerprint density at radius 2 is 1.64 bits per heavy atom. The molecule has 0 radical (unpaired) electrons. The predicted octanol–water partition coefficient (Wildman–Crippen LogP) is 5.76. The van der Waals surface area contributed by atoms with Gasteiger partial charge in [0.2, 0.25) is 0 Å². The van der Waals surface area contributed by atoms with E-state index in [4.69, 9.17) is 4.74 Å². The number of hydrogen-bond donors (Lipinski definition) is 1. The summed E-state index contributed by atoms with van der Waals surface area (Å²) in [5.74, 6) is 0.805. The van der Waals surface area contributed by atoms with E-state index >= 15 is 0 Å². The number of pyridine rings is 1. The molecule has 1 aromatic heterocycles. The van der Waals surface area contributed by atoms with E-state index in [0.29, 0.717) is 33.6 Å². The number of methoxy groups -OCH3 is 1. The first-order chi connectivity index (χ1) is 15.7. The Labute approximate surface area is 193 Å². The van der Waals surface area contributed by atoms with Crippen molar-refractivity contribution in [1.82, 2.24) is 4.57 Å². The van der Waals surface area contributed by atoms with Gasteiger partial charge in [0.15, 0.2) is 5.43 Å². The highest BCUT2D eigenvalue weighted by Crippen LogP contribution is 2.31. The fourth-order valence-corrected chi connectivity index (χ4v) is 3.98. The van der Waals surface area contributed by atoms with E-state index in [1.54, 1.807) is 19.2 Å². The van der Waals surface area contributed by atoms with Gasteiger partial charge in [-0.25, -0.2) is 0 Å². The molecular formula is C28H28N2O3. The second-order valence-electron chi connectivity index (χ2n) is 9.14. The van der Waals surface area contributed by atoms with Gasteiger partial charge in [-0.05, 0) is 52.9 Å². The van der Waals surface area contributed by atoms with Crippen LogP contribution < -0.4 is 15.5 Å². The number of aryl methyl sites for hydroxylation is 1. The van der Waals surface area contributed by atoms with Crippen LogP contribution in [0.25, 0.3) is 22.0 Å². The van der Waals surface area contributed by atoms with Crippen molar-refractivity contribution in [3.05, 3.63) is 94.1 Å². The Morgan fingerprint density at radius 3 is 2.30 bits per heavy atom. The van der Waals surface area contributed by atoms with Gasteiger partial charge in [0.05, 0.1) is 18.2 Å². The molecule has 0 aliphatic heterocycles. The minimum atomic E-state index is -0.273. The van der Waals surface area contributed by atoms with Gasteiger partial charge in [0, 0.05) is 18.0 Å². The monoisotopic (exact) mass is 440 g/mol. The maximum absolute atomic E-state index is 13.6. The Bertz CT molecular complexity index is 1390. The number of anilines is 1. The van der Waals surface area contributed by atoms with E-state index in [-0.39, 0.29) is 16.8 Å². The van der Waals surface area contributed by atoms with Crippen LogP contribution in [-0.4, -0.2) is 17.6 Å². The molecule has 5 nitrogen and oxygen atoms in total. The number of fused-ring (bicyclic) bond motifs is 1. The van der Waals surface area contributed by atoms with Crippen molar-refractivity contribution < 1.29 is 9.53 Å². The number of para-hydroxylation sites is 1. The number of rotatable bonds is 4. The summed E-state index contributed by atoms with van der Waals surface area (Å²) in [5, 5.41) is 3.59. The molecule has 0 bridgehead atoms. The minimum Gasteiger partial charge on any atom is -0.497 e. The van der Waals surface area contributed by atoms with Crippen LogP contribution in [0.1, 0.15) is 36.7 Å². The average molecular weight is 441 g/mol. The van der Waals surface area contributed by atoms with E-state index < -0.39 is 0 Å². The molecule has 3 aromatic carbocycles. The van der Waals surface area contributed by atoms with Gasteiger partial charge in [-0.2, -0.15) is 0 Å². The second kappa shape index (κ2) is 8.58. The van der Waals surface area contributed by atoms with Crippen LogP contribution in [0.2, 0.25) is 0 Å². The zero-order valence-corrected chi connectivity index (χ0v) is 19.6. The first-order valence-corrected chi connectivity index (χ1v) is 10.9. The maximum atomic E-state index is 13.6. The van der Waals surface area contributed by atoms with Gasteiger partial charge < -0.3 is 14.6 Å². The third-order valence-electron chi connectivity index (χ3n) is 5.91. The summed E-state index contributed by atoms with van der Waals surface area (Å²) >= 11 is 0. The standard InChI is InChI=1S/C28H28N2O3/c1-28(2,3)20-15-13-18(14-16-20)27(32)29-26-24(19-9-8-10-21(17-19)33-5)25(31)22-11-6-7-12-23(22)30(26)4/h6-17H,1-5H3,(H,29,32). The third kappa shape index (κ3) is 4.27. The number of carbonyl (C=O) groups excluding carboxylic acids is 1. The van der Waals surface area contributed by atoms with Gasteiger partial charge in [0.25, 0.3) is 5.91 Å². The Balaban J connectivity index is 1.86. The molecule has 1 N–H and O–H groups in total. The quantitative estimate of drug-likeness (QED) is 0.439. The molecule has 0 atom stereocenters. The molecule has 4 aromatic rings. The lowest BCUT2D eigenvalue weighted by molar-refractivity contribution is 0.102. The maximum Gasteiger partial charge on any atom is 0.256 e. The normalized spacial score (nSPS) is 11.4. The molecule has 0 fully saturated rings. The van der Waals surface area contributed by atoms with E-state index in [9.17, 15) is 9.59 Å². The van der Waals surface area contributed by atoms with Crippen molar-refractivity contribution in [2.75, 3.05) is 12.4 Å².